The zero-order chi connectivity index (χ0) is 17.2. The largest absolute Gasteiger partial charge is 0.396 e. The zero-order valence-corrected chi connectivity index (χ0v) is 14.9. The minimum atomic E-state index is -0.540. The molecule has 0 saturated carbocycles. The molecule has 2 rings (SSSR count). The van der Waals surface area contributed by atoms with Crippen molar-refractivity contribution in [3.05, 3.63) is 23.0 Å². The summed E-state index contributed by atoms with van der Waals surface area (Å²) in [4.78, 5) is 6.51. The summed E-state index contributed by atoms with van der Waals surface area (Å²) < 4.78 is 1.85. The maximum Gasteiger partial charge on any atom is 0.159 e. The highest BCUT2D eigenvalue weighted by Crippen LogP contribution is 2.24. The molecule has 0 aliphatic rings. The van der Waals surface area contributed by atoms with Crippen LogP contribution in [0.5, 0.6) is 0 Å². The Morgan fingerprint density at radius 3 is 2.57 bits per heavy atom. The second kappa shape index (κ2) is 7.13. The van der Waals surface area contributed by atoms with E-state index in [4.69, 9.17) is 11.6 Å². The van der Waals surface area contributed by atoms with Crippen molar-refractivity contribution in [2.75, 3.05) is 26.8 Å². The van der Waals surface area contributed by atoms with E-state index in [1.165, 1.54) is 0 Å². The molecule has 6 nitrogen and oxygen atoms in total. The van der Waals surface area contributed by atoms with Gasteiger partial charge in [0.2, 0.25) is 0 Å². The van der Waals surface area contributed by atoms with Crippen LogP contribution in [0.4, 0.5) is 0 Å². The third-order valence-electron chi connectivity index (χ3n) is 3.94. The summed E-state index contributed by atoms with van der Waals surface area (Å²) in [5.41, 5.74) is 1.15. The molecule has 0 radical (unpaired) electrons. The lowest BCUT2D eigenvalue weighted by atomic mass is 9.92. The van der Waals surface area contributed by atoms with Crippen molar-refractivity contribution in [2.45, 2.75) is 33.4 Å². The average Bonchev–Trinajstić information content (AvgIpc) is 2.90. The van der Waals surface area contributed by atoms with E-state index in [9.17, 15) is 10.2 Å². The SMILES string of the molecule is CC(C)n1ncc2cc(CN(C)CC(C)(CO)CO)c(Cl)nc21. The van der Waals surface area contributed by atoms with E-state index in [-0.39, 0.29) is 19.3 Å². The van der Waals surface area contributed by atoms with Crippen molar-refractivity contribution in [2.24, 2.45) is 5.41 Å². The lowest BCUT2D eigenvalue weighted by molar-refractivity contribution is 0.0402. The Balaban J connectivity index is 2.22. The molecule has 2 aromatic heterocycles. The van der Waals surface area contributed by atoms with E-state index in [0.29, 0.717) is 18.2 Å². The summed E-state index contributed by atoms with van der Waals surface area (Å²) in [5, 5.41) is 24.6. The molecular weight excluding hydrogens is 316 g/mol. The van der Waals surface area contributed by atoms with Crippen molar-refractivity contribution in [3.63, 3.8) is 0 Å². The van der Waals surface area contributed by atoms with Crippen LogP contribution in [-0.4, -0.2) is 56.7 Å². The topological polar surface area (TPSA) is 74.4 Å². The van der Waals surface area contributed by atoms with Crippen LogP contribution < -0.4 is 0 Å². The van der Waals surface area contributed by atoms with Gasteiger partial charge in [-0.1, -0.05) is 18.5 Å². The number of nitrogens with zero attached hydrogens (tertiary/aromatic N) is 4. The van der Waals surface area contributed by atoms with E-state index in [0.717, 1.165) is 16.6 Å². The molecule has 0 saturated heterocycles. The van der Waals surface area contributed by atoms with Crippen LogP contribution in [0, 0.1) is 5.41 Å². The van der Waals surface area contributed by atoms with Gasteiger partial charge in [0, 0.05) is 35.5 Å². The number of hydrogen-bond donors (Lipinski definition) is 2. The maximum absolute atomic E-state index is 9.41. The first kappa shape index (κ1) is 18.1. The minimum absolute atomic E-state index is 0.0694. The van der Waals surface area contributed by atoms with Crippen molar-refractivity contribution in [3.8, 4) is 0 Å². The average molecular weight is 341 g/mol. The summed E-state index contributed by atoms with van der Waals surface area (Å²) in [5.74, 6) is 0. The van der Waals surface area contributed by atoms with Gasteiger partial charge in [0.25, 0.3) is 0 Å². The molecule has 0 bridgehead atoms. The minimum Gasteiger partial charge on any atom is -0.396 e. The fraction of sp³-hybridized carbons (Fsp3) is 0.625. The van der Waals surface area contributed by atoms with Crippen molar-refractivity contribution >= 4 is 22.6 Å². The fourth-order valence-corrected chi connectivity index (χ4v) is 2.83. The third kappa shape index (κ3) is 4.01. The first-order valence-corrected chi connectivity index (χ1v) is 8.10. The number of hydrogen-bond acceptors (Lipinski definition) is 5. The number of rotatable bonds is 7. The van der Waals surface area contributed by atoms with Crippen LogP contribution in [0.1, 0.15) is 32.4 Å². The number of aromatic nitrogens is 3. The van der Waals surface area contributed by atoms with Crippen LogP contribution in [-0.2, 0) is 6.54 Å². The van der Waals surface area contributed by atoms with Gasteiger partial charge in [-0.25, -0.2) is 9.67 Å². The molecule has 0 aliphatic carbocycles. The lowest BCUT2D eigenvalue weighted by Crippen LogP contribution is -2.38. The molecule has 0 fully saturated rings. The predicted octanol–water partition coefficient (Wildman–Crippen LogP) is 2.09. The first-order chi connectivity index (χ1) is 10.8. The second-order valence-corrected chi connectivity index (χ2v) is 7.19. The van der Waals surface area contributed by atoms with Crippen molar-refractivity contribution in [1.29, 1.82) is 0 Å². The summed E-state index contributed by atoms with van der Waals surface area (Å²) in [7, 11) is 1.93. The van der Waals surface area contributed by atoms with Crippen LogP contribution in [0.25, 0.3) is 11.0 Å². The molecular formula is C16H25ClN4O2. The van der Waals surface area contributed by atoms with Gasteiger partial charge < -0.3 is 15.1 Å². The van der Waals surface area contributed by atoms with Gasteiger partial charge in [-0.2, -0.15) is 5.10 Å². The molecule has 0 unspecified atom stereocenters. The quantitative estimate of drug-likeness (QED) is 0.755. The Hall–Kier alpha value is -1.21. The fourth-order valence-electron chi connectivity index (χ4n) is 2.64. The molecule has 0 aromatic carbocycles. The summed E-state index contributed by atoms with van der Waals surface area (Å²) in [6.07, 6.45) is 1.80. The van der Waals surface area contributed by atoms with Gasteiger partial charge in [-0.15, -0.1) is 0 Å². The predicted molar refractivity (Wildman–Crippen MR) is 91.5 cm³/mol. The molecule has 0 spiro atoms. The van der Waals surface area contributed by atoms with E-state index in [1.807, 2.05) is 43.5 Å². The van der Waals surface area contributed by atoms with Crippen LogP contribution in [0.15, 0.2) is 12.3 Å². The normalized spacial score (nSPS) is 12.7. The summed E-state index contributed by atoms with van der Waals surface area (Å²) in [6, 6.07) is 2.22. The van der Waals surface area contributed by atoms with E-state index in [2.05, 4.69) is 10.1 Å². The van der Waals surface area contributed by atoms with Gasteiger partial charge in [-0.3, -0.25) is 0 Å². The molecule has 2 N–H and O–H groups in total. The van der Waals surface area contributed by atoms with Gasteiger partial charge in [0.15, 0.2) is 5.65 Å². The Kier molecular flexibility index (Phi) is 5.62. The molecule has 2 aromatic rings. The van der Waals surface area contributed by atoms with Crippen LogP contribution in [0.3, 0.4) is 0 Å². The number of aliphatic hydroxyl groups is 2. The molecule has 0 aliphatic heterocycles. The third-order valence-corrected chi connectivity index (χ3v) is 4.27. The number of fused-ring (bicyclic) bond motifs is 1. The standard InChI is InChI=1S/C16H25ClN4O2/c1-11(2)21-15-12(6-18-21)5-13(14(17)19-15)7-20(4)8-16(3,9-22)10-23/h5-6,11,22-23H,7-10H2,1-4H3. The Bertz CT molecular complexity index is 667. The Morgan fingerprint density at radius 2 is 2.00 bits per heavy atom. The van der Waals surface area contributed by atoms with Crippen molar-refractivity contribution < 1.29 is 10.2 Å². The molecule has 128 valence electrons. The van der Waals surface area contributed by atoms with E-state index < -0.39 is 5.41 Å². The molecule has 0 atom stereocenters. The second-order valence-electron chi connectivity index (χ2n) is 6.83. The van der Waals surface area contributed by atoms with E-state index >= 15 is 0 Å². The van der Waals surface area contributed by atoms with Crippen LogP contribution >= 0.6 is 11.6 Å². The number of aliphatic hydroxyl groups excluding tert-OH is 2. The number of halogens is 1. The zero-order valence-electron chi connectivity index (χ0n) is 14.1. The van der Waals surface area contributed by atoms with E-state index in [1.54, 1.807) is 6.20 Å². The van der Waals surface area contributed by atoms with Crippen LogP contribution in [0.2, 0.25) is 5.15 Å². The molecule has 23 heavy (non-hydrogen) atoms. The van der Waals surface area contributed by atoms with Gasteiger partial charge in [0.1, 0.15) is 5.15 Å². The Labute approximate surface area is 141 Å². The Morgan fingerprint density at radius 1 is 1.35 bits per heavy atom. The smallest absolute Gasteiger partial charge is 0.159 e. The summed E-state index contributed by atoms with van der Waals surface area (Å²) >= 11 is 6.34. The lowest BCUT2D eigenvalue weighted by Gasteiger charge is -2.30. The molecule has 7 heteroatoms. The highest BCUT2D eigenvalue weighted by atomic mass is 35.5. The van der Waals surface area contributed by atoms with Gasteiger partial charge >= 0.3 is 0 Å². The highest BCUT2D eigenvalue weighted by Gasteiger charge is 2.25. The first-order valence-electron chi connectivity index (χ1n) is 7.72. The molecule has 2 heterocycles. The number of pyridine rings is 1. The van der Waals surface area contributed by atoms with Gasteiger partial charge in [-0.05, 0) is 27.0 Å². The monoisotopic (exact) mass is 340 g/mol. The van der Waals surface area contributed by atoms with Crippen molar-refractivity contribution in [1.82, 2.24) is 19.7 Å². The van der Waals surface area contributed by atoms with Gasteiger partial charge in [0.05, 0.1) is 19.4 Å². The summed E-state index contributed by atoms with van der Waals surface area (Å²) in [6.45, 7) is 6.95. The highest BCUT2D eigenvalue weighted by molar-refractivity contribution is 6.30. The maximum atomic E-state index is 9.41. The molecule has 0 amide bonds.